The summed E-state index contributed by atoms with van der Waals surface area (Å²) in [4.78, 5) is 13.7. The van der Waals surface area contributed by atoms with E-state index in [1.165, 1.54) is 0 Å². The fourth-order valence-electron chi connectivity index (χ4n) is 1.88. The van der Waals surface area contributed by atoms with Gasteiger partial charge in [-0.1, -0.05) is 15.9 Å². The SMILES string of the molecule is CCOC(=O)CN(Cc1cc(Br)ccc1OC)C(C)C. The Hall–Kier alpha value is -1.07. The lowest BCUT2D eigenvalue weighted by Gasteiger charge is -2.26. The molecule has 0 aliphatic heterocycles. The van der Waals surface area contributed by atoms with Gasteiger partial charge in [0.25, 0.3) is 0 Å². The van der Waals surface area contributed by atoms with Crippen LogP contribution in [-0.4, -0.2) is 37.2 Å². The van der Waals surface area contributed by atoms with E-state index < -0.39 is 0 Å². The number of benzene rings is 1. The van der Waals surface area contributed by atoms with Crippen LogP contribution in [0.25, 0.3) is 0 Å². The molecule has 0 atom stereocenters. The summed E-state index contributed by atoms with van der Waals surface area (Å²) >= 11 is 3.46. The molecule has 0 heterocycles. The molecule has 0 radical (unpaired) electrons. The summed E-state index contributed by atoms with van der Waals surface area (Å²) in [6.07, 6.45) is 0. The third-order valence-electron chi connectivity index (χ3n) is 2.98. The molecule has 112 valence electrons. The van der Waals surface area contributed by atoms with E-state index in [2.05, 4.69) is 34.7 Å². The Morgan fingerprint density at radius 3 is 2.65 bits per heavy atom. The molecule has 0 unspecified atom stereocenters. The maximum Gasteiger partial charge on any atom is 0.320 e. The monoisotopic (exact) mass is 343 g/mol. The van der Waals surface area contributed by atoms with Crippen molar-refractivity contribution < 1.29 is 14.3 Å². The second kappa shape index (κ2) is 8.27. The van der Waals surface area contributed by atoms with Crippen LogP contribution in [0.3, 0.4) is 0 Å². The Bertz CT molecular complexity index is 449. The number of esters is 1. The van der Waals surface area contributed by atoms with Crippen LogP contribution in [0.1, 0.15) is 26.3 Å². The van der Waals surface area contributed by atoms with Gasteiger partial charge in [-0.3, -0.25) is 9.69 Å². The highest BCUT2D eigenvalue weighted by molar-refractivity contribution is 9.10. The molecule has 1 rings (SSSR count). The molecule has 0 N–H and O–H groups in total. The smallest absolute Gasteiger partial charge is 0.320 e. The van der Waals surface area contributed by atoms with E-state index >= 15 is 0 Å². The van der Waals surface area contributed by atoms with Gasteiger partial charge < -0.3 is 9.47 Å². The number of hydrogen-bond acceptors (Lipinski definition) is 4. The molecule has 5 heteroatoms. The van der Waals surface area contributed by atoms with Crippen molar-refractivity contribution in [3.05, 3.63) is 28.2 Å². The zero-order chi connectivity index (χ0) is 15.1. The van der Waals surface area contributed by atoms with Gasteiger partial charge in [0.1, 0.15) is 5.75 Å². The molecule has 1 aromatic carbocycles. The predicted molar refractivity (Wildman–Crippen MR) is 82.9 cm³/mol. The van der Waals surface area contributed by atoms with E-state index in [0.29, 0.717) is 13.2 Å². The number of nitrogens with zero attached hydrogens (tertiary/aromatic N) is 1. The van der Waals surface area contributed by atoms with Crippen molar-refractivity contribution in [1.29, 1.82) is 0 Å². The van der Waals surface area contributed by atoms with Gasteiger partial charge in [0.05, 0.1) is 20.3 Å². The van der Waals surface area contributed by atoms with Crippen molar-refractivity contribution in [3.8, 4) is 5.75 Å². The number of halogens is 1. The molecular formula is C15H22BrNO3. The Balaban J connectivity index is 2.85. The third-order valence-corrected chi connectivity index (χ3v) is 3.48. The highest BCUT2D eigenvalue weighted by Gasteiger charge is 2.17. The van der Waals surface area contributed by atoms with E-state index in [1.54, 1.807) is 7.11 Å². The first kappa shape index (κ1) is 17.0. The molecule has 0 bridgehead atoms. The maximum atomic E-state index is 11.7. The molecule has 0 aromatic heterocycles. The van der Waals surface area contributed by atoms with Crippen LogP contribution in [-0.2, 0) is 16.1 Å². The van der Waals surface area contributed by atoms with Gasteiger partial charge in [-0.25, -0.2) is 0 Å². The summed E-state index contributed by atoms with van der Waals surface area (Å²) in [5, 5.41) is 0. The van der Waals surface area contributed by atoms with Gasteiger partial charge >= 0.3 is 5.97 Å². The van der Waals surface area contributed by atoms with Crippen molar-refractivity contribution in [2.24, 2.45) is 0 Å². The Morgan fingerprint density at radius 2 is 2.10 bits per heavy atom. The van der Waals surface area contributed by atoms with Crippen molar-refractivity contribution in [2.75, 3.05) is 20.3 Å². The van der Waals surface area contributed by atoms with Gasteiger partial charge in [-0.2, -0.15) is 0 Å². The largest absolute Gasteiger partial charge is 0.496 e. The number of carbonyl (C=O) groups excluding carboxylic acids is 1. The normalized spacial score (nSPS) is 10.9. The number of rotatable bonds is 7. The van der Waals surface area contributed by atoms with E-state index in [1.807, 2.05) is 25.1 Å². The van der Waals surface area contributed by atoms with Crippen LogP contribution >= 0.6 is 15.9 Å². The van der Waals surface area contributed by atoms with Crippen LogP contribution in [0, 0.1) is 0 Å². The van der Waals surface area contributed by atoms with Crippen molar-refractivity contribution in [2.45, 2.75) is 33.4 Å². The van der Waals surface area contributed by atoms with Gasteiger partial charge in [-0.15, -0.1) is 0 Å². The van der Waals surface area contributed by atoms with E-state index in [0.717, 1.165) is 15.8 Å². The van der Waals surface area contributed by atoms with E-state index in [-0.39, 0.29) is 18.6 Å². The molecule has 0 saturated heterocycles. The lowest BCUT2D eigenvalue weighted by atomic mass is 10.1. The van der Waals surface area contributed by atoms with Crippen LogP contribution in [0.2, 0.25) is 0 Å². The van der Waals surface area contributed by atoms with Crippen LogP contribution in [0.5, 0.6) is 5.75 Å². The lowest BCUT2D eigenvalue weighted by molar-refractivity contribution is -0.145. The highest BCUT2D eigenvalue weighted by Crippen LogP contribution is 2.24. The van der Waals surface area contributed by atoms with E-state index in [4.69, 9.17) is 9.47 Å². The molecule has 0 amide bonds. The molecule has 20 heavy (non-hydrogen) atoms. The summed E-state index contributed by atoms with van der Waals surface area (Å²) in [7, 11) is 1.65. The molecular weight excluding hydrogens is 322 g/mol. The standard InChI is InChI=1S/C15H22BrNO3/c1-5-20-15(18)10-17(11(2)3)9-12-8-13(16)6-7-14(12)19-4/h6-8,11H,5,9-10H2,1-4H3. The van der Waals surface area contributed by atoms with Crippen molar-refractivity contribution in [1.82, 2.24) is 4.90 Å². The van der Waals surface area contributed by atoms with Crippen molar-refractivity contribution >= 4 is 21.9 Å². The zero-order valence-corrected chi connectivity index (χ0v) is 14.1. The minimum absolute atomic E-state index is 0.199. The predicted octanol–water partition coefficient (Wildman–Crippen LogP) is 3.23. The van der Waals surface area contributed by atoms with Crippen LogP contribution in [0.4, 0.5) is 0 Å². The molecule has 0 aliphatic carbocycles. The molecule has 0 spiro atoms. The van der Waals surface area contributed by atoms with Gasteiger partial charge in [0.2, 0.25) is 0 Å². The minimum atomic E-state index is -0.199. The minimum Gasteiger partial charge on any atom is -0.496 e. The van der Waals surface area contributed by atoms with Crippen molar-refractivity contribution in [3.63, 3.8) is 0 Å². The zero-order valence-electron chi connectivity index (χ0n) is 12.5. The number of carbonyl (C=O) groups is 1. The summed E-state index contributed by atoms with van der Waals surface area (Å²) in [6.45, 7) is 7.26. The third kappa shape index (κ3) is 5.13. The second-order valence-corrected chi connectivity index (χ2v) is 5.68. The fraction of sp³-hybridized carbons (Fsp3) is 0.533. The highest BCUT2D eigenvalue weighted by atomic mass is 79.9. The first-order chi connectivity index (χ1) is 9.47. The molecule has 1 aromatic rings. The summed E-state index contributed by atoms with van der Waals surface area (Å²) in [6, 6.07) is 6.11. The lowest BCUT2D eigenvalue weighted by Crippen LogP contribution is -2.36. The quantitative estimate of drug-likeness (QED) is 0.712. The van der Waals surface area contributed by atoms with Crippen LogP contribution < -0.4 is 4.74 Å². The molecule has 0 saturated carbocycles. The van der Waals surface area contributed by atoms with Crippen LogP contribution in [0.15, 0.2) is 22.7 Å². The topological polar surface area (TPSA) is 38.8 Å². The summed E-state index contributed by atoms with van der Waals surface area (Å²) in [5.41, 5.74) is 1.04. The van der Waals surface area contributed by atoms with Gasteiger partial charge in [-0.05, 0) is 39.0 Å². The number of methoxy groups -OCH3 is 1. The number of hydrogen-bond donors (Lipinski definition) is 0. The first-order valence-electron chi connectivity index (χ1n) is 6.70. The molecule has 0 aliphatic rings. The maximum absolute atomic E-state index is 11.7. The average Bonchev–Trinajstić information content (AvgIpc) is 2.38. The molecule has 4 nitrogen and oxygen atoms in total. The van der Waals surface area contributed by atoms with Gasteiger partial charge in [0, 0.05) is 22.6 Å². The number of ether oxygens (including phenoxy) is 2. The molecule has 0 fully saturated rings. The summed E-state index contributed by atoms with van der Waals surface area (Å²) in [5.74, 6) is 0.623. The first-order valence-corrected chi connectivity index (χ1v) is 7.49. The Labute approximate surface area is 129 Å². The Morgan fingerprint density at radius 1 is 1.40 bits per heavy atom. The average molecular weight is 344 g/mol. The van der Waals surface area contributed by atoms with E-state index in [9.17, 15) is 4.79 Å². The Kier molecular flexibility index (Phi) is 7.02. The summed E-state index contributed by atoms with van der Waals surface area (Å²) < 4.78 is 11.4. The fourth-order valence-corrected chi connectivity index (χ4v) is 2.29. The van der Waals surface area contributed by atoms with Gasteiger partial charge in [0.15, 0.2) is 0 Å². The second-order valence-electron chi connectivity index (χ2n) is 4.76.